The molecule has 1 N–H and O–H groups in total. The van der Waals surface area contributed by atoms with E-state index in [-0.39, 0.29) is 43.8 Å². The average Bonchev–Trinajstić information content (AvgIpc) is 3.76. The molecule has 10 nitrogen and oxygen atoms in total. The highest BCUT2D eigenvalue weighted by Crippen LogP contribution is 2.59. The Morgan fingerprint density at radius 1 is 1.14 bits per heavy atom. The van der Waals surface area contributed by atoms with Crippen LogP contribution in [0.4, 0.5) is 5.69 Å². The first-order valence-corrected chi connectivity index (χ1v) is 17.8. The zero-order chi connectivity index (χ0) is 36.2. The van der Waals surface area contributed by atoms with Gasteiger partial charge in [-0.05, 0) is 63.1 Å². The Hall–Kier alpha value is -3.99. The summed E-state index contributed by atoms with van der Waals surface area (Å²) in [7, 11) is 1.69. The number of amides is 3. The van der Waals surface area contributed by atoms with Crippen molar-refractivity contribution in [1.82, 2.24) is 9.80 Å². The van der Waals surface area contributed by atoms with Crippen LogP contribution in [0.15, 0.2) is 73.8 Å². The lowest BCUT2D eigenvalue weighted by atomic mass is 9.70. The van der Waals surface area contributed by atoms with Gasteiger partial charge in [-0.2, -0.15) is 0 Å². The van der Waals surface area contributed by atoms with Gasteiger partial charge < -0.3 is 29.3 Å². The predicted molar refractivity (Wildman–Crippen MR) is 191 cm³/mol. The van der Waals surface area contributed by atoms with Gasteiger partial charge in [0.1, 0.15) is 17.7 Å². The van der Waals surface area contributed by atoms with Crippen molar-refractivity contribution in [3.05, 3.63) is 90.0 Å². The molecule has 3 fully saturated rings. The van der Waals surface area contributed by atoms with Crippen LogP contribution in [-0.4, -0.2) is 89.1 Å². The van der Waals surface area contributed by atoms with Gasteiger partial charge in [0.15, 0.2) is 0 Å². The number of carbonyl (C=O) groups excluding carboxylic acids is 4. The number of allylic oxidation sites excluding steroid dienone is 1. The molecule has 1 spiro atoms. The number of esters is 1. The maximum atomic E-state index is 14.8. The summed E-state index contributed by atoms with van der Waals surface area (Å²) < 4.78 is 13.0. The summed E-state index contributed by atoms with van der Waals surface area (Å²) in [4.78, 5) is 61.5. The van der Waals surface area contributed by atoms with Crippen LogP contribution < -0.4 is 4.90 Å². The summed E-state index contributed by atoms with van der Waals surface area (Å²) in [5.41, 5.74) is 0.755. The molecule has 3 amide bonds. The summed E-state index contributed by atoms with van der Waals surface area (Å²) in [6, 6.07) is 13.1. The number of carbonyl (C=O) groups is 4. The Kier molecular flexibility index (Phi) is 11.9. The second kappa shape index (κ2) is 15.9. The first kappa shape index (κ1) is 37.3. The zero-order valence-electron chi connectivity index (χ0n) is 29.1. The number of nitrogens with zero attached hydrogens (tertiary/aromatic N) is 3. The summed E-state index contributed by atoms with van der Waals surface area (Å²) in [6.45, 7) is 11.6. The van der Waals surface area contributed by atoms with Crippen molar-refractivity contribution in [2.24, 2.45) is 11.8 Å². The number of aliphatic hydroxyl groups excluding tert-OH is 1. The summed E-state index contributed by atoms with van der Waals surface area (Å²) in [6.07, 6.45) is 4.42. The third-order valence-electron chi connectivity index (χ3n) is 10.5. The topological polar surface area (TPSA) is 117 Å². The summed E-state index contributed by atoms with van der Waals surface area (Å²) >= 11 is 6.66. The number of unbranched alkanes of at least 4 members (excludes halogenated alkanes) is 1. The summed E-state index contributed by atoms with van der Waals surface area (Å²) in [5, 5.41) is 9.93. The minimum absolute atomic E-state index is 0.0618. The number of aryl methyl sites for hydroxylation is 1. The van der Waals surface area contributed by atoms with E-state index in [1.54, 1.807) is 35.1 Å². The molecule has 5 rings (SSSR count). The minimum atomic E-state index is -1.26. The Bertz CT molecular complexity index is 1580. The molecule has 0 unspecified atom stereocenters. The van der Waals surface area contributed by atoms with Crippen molar-refractivity contribution in [1.29, 1.82) is 0 Å². The Balaban J connectivity index is 1.50. The van der Waals surface area contributed by atoms with E-state index in [4.69, 9.17) is 21.1 Å². The largest absolute Gasteiger partial charge is 0.455 e. The van der Waals surface area contributed by atoms with Crippen molar-refractivity contribution in [3.63, 3.8) is 0 Å². The number of anilines is 1. The van der Waals surface area contributed by atoms with Gasteiger partial charge in [0, 0.05) is 33.2 Å². The molecular weight excluding hydrogens is 658 g/mol. The molecule has 11 heteroatoms. The number of hydrogen-bond donors (Lipinski definition) is 1. The van der Waals surface area contributed by atoms with E-state index in [1.807, 2.05) is 56.3 Å². The number of fused-ring (bicyclic) bond motifs is 1. The van der Waals surface area contributed by atoms with Crippen molar-refractivity contribution >= 4 is 41.0 Å². The standard InChI is InChI=1S/C39H48ClN3O7/c1-6-8-19-30(45)41(5)26(4)34(27-16-10-9-11-17-27)49-38(48)31-29-20-21-39(50-29)32(31)36(46)43(23-12-13-24-44)35(39)37(47)42(22-7-2)33-25(3)15-14-18-28(33)40/h6-7,9-11,14-18,26,29,31-32,34-35,44H,1-2,8,12-13,19-24H2,3-5H3/t26-,29-,31+,32+,34+,35-,39+/m1/s1. The molecule has 0 aromatic heterocycles. The van der Waals surface area contributed by atoms with Gasteiger partial charge in [-0.3, -0.25) is 19.2 Å². The van der Waals surface area contributed by atoms with E-state index in [0.29, 0.717) is 48.4 Å². The molecule has 0 saturated carbocycles. The number of likely N-dealkylation sites (N-methyl/N-ethyl adjacent to an activating group) is 1. The Labute approximate surface area is 299 Å². The van der Waals surface area contributed by atoms with Crippen LogP contribution in [0.25, 0.3) is 0 Å². The van der Waals surface area contributed by atoms with Gasteiger partial charge in [-0.25, -0.2) is 0 Å². The number of rotatable bonds is 16. The molecule has 2 bridgehead atoms. The second-order valence-electron chi connectivity index (χ2n) is 13.5. The molecule has 2 aromatic rings. The highest BCUT2D eigenvalue weighted by molar-refractivity contribution is 6.34. The minimum Gasteiger partial charge on any atom is -0.455 e. The van der Waals surface area contributed by atoms with Gasteiger partial charge in [-0.15, -0.1) is 13.2 Å². The molecule has 50 heavy (non-hydrogen) atoms. The molecule has 0 radical (unpaired) electrons. The second-order valence-corrected chi connectivity index (χ2v) is 13.9. The molecule has 3 saturated heterocycles. The smallest absolute Gasteiger partial charge is 0.313 e. The van der Waals surface area contributed by atoms with E-state index >= 15 is 0 Å². The predicted octanol–water partition coefficient (Wildman–Crippen LogP) is 5.41. The number of benzene rings is 2. The van der Waals surface area contributed by atoms with E-state index in [9.17, 15) is 24.3 Å². The fraction of sp³-hybridized carbons (Fsp3) is 0.487. The van der Waals surface area contributed by atoms with Gasteiger partial charge in [0.05, 0.1) is 34.7 Å². The molecule has 268 valence electrons. The molecule has 3 aliphatic heterocycles. The molecule has 3 aliphatic rings. The van der Waals surface area contributed by atoms with Crippen LogP contribution in [0, 0.1) is 18.8 Å². The third kappa shape index (κ3) is 6.85. The lowest BCUT2D eigenvalue weighted by Gasteiger charge is -2.37. The lowest BCUT2D eigenvalue weighted by molar-refractivity contribution is -0.164. The first-order chi connectivity index (χ1) is 24.0. The van der Waals surface area contributed by atoms with Crippen LogP contribution in [0.5, 0.6) is 0 Å². The molecule has 2 aromatic carbocycles. The lowest BCUT2D eigenvalue weighted by Crippen LogP contribution is -2.56. The van der Waals surface area contributed by atoms with E-state index in [2.05, 4.69) is 13.2 Å². The maximum Gasteiger partial charge on any atom is 0.313 e. The normalized spacial score (nSPS) is 24.7. The molecule has 7 atom stereocenters. The van der Waals surface area contributed by atoms with Crippen LogP contribution in [-0.2, 0) is 28.7 Å². The summed E-state index contributed by atoms with van der Waals surface area (Å²) in [5.74, 6) is -3.33. The van der Waals surface area contributed by atoms with Crippen LogP contribution in [0.1, 0.15) is 62.7 Å². The number of para-hydroxylation sites is 1. The van der Waals surface area contributed by atoms with E-state index < -0.39 is 47.7 Å². The van der Waals surface area contributed by atoms with Crippen LogP contribution in [0.2, 0.25) is 5.02 Å². The fourth-order valence-electron chi connectivity index (χ4n) is 7.99. The molecule has 0 aliphatic carbocycles. The first-order valence-electron chi connectivity index (χ1n) is 17.4. The van der Waals surface area contributed by atoms with Crippen molar-refractivity contribution in [2.45, 2.75) is 82.3 Å². The Morgan fingerprint density at radius 3 is 2.54 bits per heavy atom. The van der Waals surface area contributed by atoms with Gasteiger partial charge in [0.2, 0.25) is 11.8 Å². The molecular formula is C39H48ClN3O7. The monoisotopic (exact) mass is 705 g/mol. The van der Waals surface area contributed by atoms with Crippen LogP contribution in [0.3, 0.4) is 0 Å². The highest BCUT2D eigenvalue weighted by Gasteiger charge is 2.75. The van der Waals surface area contributed by atoms with Crippen molar-refractivity contribution < 1.29 is 33.8 Å². The third-order valence-corrected chi connectivity index (χ3v) is 10.8. The highest BCUT2D eigenvalue weighted by atomic mass is 35.5. The van der Waals surface area contributed by atoms with Gasteiger partial charge >= 0.3 is 5.97 Å². The average molecular weight is 706 g/mol. The van der Waals surface area contributed by atoms with Crippen molar-refractivity contribution in [2.75, 3.05) is 31.6 Å². The maximum absolute atomic E-state index is 14.8. The van der Waals surface area contributed by atoms with Crippen LogP contribution >= 0.6 is 11.6 Å². The quantitative estimate of drug-likeness (QED) is 0.141. The number of likely N-dealkylation sites (tertiary alicyclic amines) is 1. The van der Waals surface area contributed by atoms with E-state index in [0.717, 1.165) is 5.56 Å². The Morgan fingerprint density at radius 2 is 1.88 bits per heavy atom. The number of ether oxygens (including phenoxy) is 2. The molecule has 3 heterocycles. The fourth-order valence-corrected chi connectivity index (χ4v) is 8.32. The van der Waals surface area contributed by atoms with Gasteiger partial charge in [0.25, 0.3) is 5.91 Å². The SMILES string of the molecule is C=CCCC(=O)N(C)[C@H](C)[C@H](OC(=O)[C@@H]1[C@H]2C(=O)N(CCCCO)[C@H](C(=O)N(CC=C)c3c(C)cccc3Cl)[C@]23CC[C@H]1O3)c1ccccc1. The van der Waals surface area contributed by atoms with Crippen molar-refractivity contribution in [3.8, 4) is 0 Å². The number of aliphatic hydroxyl groups is 1. The zero-order valence-corrected chi connectivity index (χ0v) is 29.9. The van der Waals surface area contributed by atoms with E-state index in [1.165, 1.54) is 4.90 Å². The van der Waals surface area contributed by atoms with Gasteiger partial charge in [-0.1, -0.05) is 66.2 Å². The number of hydrogen-bond acceptors (Lipinski definition) is 7. The number of halogens is 1.